The molecule has 1 atom stereocenters. The molecule has 1 saturated heterocycles. The lowest BCUT2D eigenvalue weighted by Gasteiger charge is -2.30. The summed E-state index contributed by atoms with van der Waals surface area (Å²) in [6.45, 7) is 2.38. The number of hydrogen-bond donors (Lipinski definition) is 1. The number of benzene rings is 1. The lowest BCUT2D eigenvalue weighted by Crippen LogP contribution is -2.45. The number of morpholine rings is 1. The minimum Gasteiger partial charge on any atom is -0.479 e. The maximum Gasteiger partial charge on any atom is 0.334 e. The van der Waals surface area contributed by atoms with Gasteiger partial charge in [-0.15, -0.1) is 0 Å². The average Bonchev–Trinajstić information content (AvgIpc) is 3.02. The second-order valence-corrected chi connectivity index (χ2v) is 5.07. The molecule has 0 bridgehead atoms. The number of carboxylic acids is 1. The summed E-state index contributed by atoms with van der Waals surface area (Å²) in [4.78, 5) is 17.1. The van der Waals surface area contributed by atoms with Gasteiger partial charge in [-0.3, -0.25) is 4.90 Å². The van der Waals surface area contributed by atoms with Gasteiger partial charge < -0.3 is 14.4 Å². The number of aromatic nitrogens is 2. The van der Waals surface area contributed by atoms with E-state index in [0.29, 0.717) is 13.2 Å². The summed E-state index contributed by atoms with van der Waals surface area (Å²) in [5.41, 5.74) is 2.21. The van der Waals surface area contributed by atoms with Crippen LogP contribution in [0.5, 0.6) is 0 Å². The van der Waals surface area contributed by atoms with Gasteiger partial charge in [0.05, 0.1) is 12.9 Å². The highest BCUT2D eigenvalue weighted by Crippen LogP contribution is 2.13. The molecule has 1 aromatic carbocycles. The van der Waals surface area contributed by atoms with Crippen molar-refractivity contribution in [3.8, 4) is 5.69 Å². The summed E-state index contributed by atoms with van der Waals surface area (Å²) >= 11 is 0. The number of hydrogen-bond acceptors (Lipinski definition) is 4. The molecule has 1 aliphatic rings. The Morgan fingerprint density at radius 3 is 2.86 bits per heavy atom. The molecule has 110 valence electrons. The van der Waals surface area contributed by atoms with Crippen LogP contribution in [0.2, 0.25) is 0 Å². The van der Waals surface area contributed by atoms with Gasteiger partial charge in [-0.1, -0.05) is 12.1 Å². The topological polar surface area (TPSA) is 67.6 Å². The van der Waals surface area contributed by atoms with Crippen LogP contribution in [0.25, 0.3) is 5.69 Å². The summed E-state index contributed by atoms with van der Waals surface area (Å²) in [6, 6.07) is 8.18. The second kappa shape index (κ2) is 6.07. The first-order valence-electron chi connectivity index (χ1n) is 6.86. The summed E-state index contributed by atoms with van der Waals surface area (Å²) in [5.74, 6) is -0.893. The molecule has 0 unspecified atom stereocenters. The van der Waals surface area contributed by atoms with Crippen molar-refractivity contribution in [2.45, 2.75) is 12.6 Å². The zero-order chi connectivity index (χ0) is 14.7. The summed E-state index contributed by atoms with van der Waals surface area (Å²) in [7, 11) is 0. The molecule has 2 aromatic rings. The number of carbonyl (C=O) groups is 1. The molecule has 6 nitrogen and oxygen atoms in total. The highest BCUT2D eigenvalue weighted by Gasteiger charge is 2.25. The van der Waals surface area contributed by atoms with Crippen LogP contribution in [0.1, 0.15) is 5.56 Å². The van der Waals surface area contributed by atoms with Crippen molar-refractivity contribution in [3.63, 3.8) is 0 Å². The van der Waals surface area contributed by atoms with Crippen molar-refractivity contribution >= 4 is 5.97 Å². The molecule has 0 spiro atoms. The second-order valence-electron chi connectivity index (χ2n) is 5.07. The van der Waals surface area contributed by atoms with Gasteiger partial charge in [0.15, 0.2) is 6.10 Å². The van der Waals surface area contributed by atoms with Crippen LogP contribution in [-0.4, -0.2) is 51.3 Å². The Morgan fingerprint density at radius 2 is 2.19 bits per heavy atom. The number of ether oxygens (including phenoxy) is 1. The van der Waals surface area contributed by atoms with Gasteiger partial charge in [0, 0.05) is 37.7 Å². The molecule has 0 amide bonds. The maximum atomic E-state index is 11.0. The number of aliphatic carboxylic acids is 1. The summed E-state index contributed by atoms with van der Waals surface area (Å²) in [6.07, 6.45) is 4.68. The van der Waals surface area contributed by atoms with E-state index in [0.717, 1.165) is 24.3 Å². The van der Waals surface area contributed by atoms with Crippen LogP contribution in [0, 0.1) is 0 Å². The predicted molar refractivity (Wildman–Crippen MR) is 76.2 cm³/mol. The molecule has 1 fully saturated rings. The first-order valence-corrected chi connectivity index (χ1v) is 6.86. The molecular formula is C15H17N3O3. The first kappa shape index (κ1) is 13.8. The highest BCUT2D eigenvalue weighted by molar-refractivity contribution is 5.72. The van der Waals surface area contributed by atoms with Crippen molar-refractivity contribution in [1.29, 1.82) is 0 Å². The summed E-state index contributed by atoms with van der Waals surface area (Å²) < 4.78 is 7.17. The van der Waals surface area contributed by atoms with Crippen molar-refractivity contribution in [1.82, 2.24) is 14.5 Å². The zero-order valence-electron chi connectivity index (χ0n) is 11.6. The lowest BCUT2D eigenvalue weighted by molar-refractivity contribution is -0.156. The Labute approximate surface area is 122 Å². The Bertz CT molecular complexity index is 595. The quantitative estimate of drug-likeness (QED) is 0.914. The minimum absolute atomic E-state index is 0.429. The van der Waals surface area contributed by atoms with Crippen molar-refractivity contribution < 1.29 is 14.6 Å². The maximum absolute atomic E-state index is 11.0. The fourth-order valence-electron chi connectivity index (χ4n) is 2.44. The number of imidazole rings is 1. The number of nitrogens with zero attached hydrogens (tertiary/aromatic N) is 3. The predicted octanol–water partition coefficient (Wildman–Crippen LogP) is 1.16. The third kappa shape index (κ3) is 3.29. The molecule has 1 aromatic heterocycles. The minimum atomic E-state index is -0.893. The standard InChI is InChI=1S/C15H17N3O3/c19-15(20)14-10-17(7-8-21-14)9-12-1-3-13(4-2-12)18-6-5-16-11-18/h1-6,11,14H,7-10H2,(H,19,20)/t14-/m0/s1. The van der Waals surface area contributed by atoms with Crippen LogP contribution in [-0.2, 0) is 16.1 Å². The number of carboxylic acid groups (broad SMARTS) is 1. The molecule has 1 N–H and O–H groups in total. The van der Waals surface area contributed by atoms with Crippen LogP contribution in [0.15, 0.2) is 43.0 Å². The van der Waals surface area contributed by atoms with Crippen molar-refractivity contribution in [2.75, 3.05) is 19.7 Å². The van der Waals surface area contributed by atoms with E-state index in [1.165, 1.54) is 0 Å². The normalized spacial score (nSPS) is 19.5. The molecule has 21 heavy (non-hydrogen) atoms. The third-order valence-corrected chi connectivity index (χ3v) is 3.57. The van der Waals surface area contributed by atoms with E-state index in [1.807, 2.05) is 22.9 Å². The van der Waals surface area contributed by atoms with Crippen LogP contribution in [0.4, 0.5) is 0 Å². The Morgan fingerprint density at radius 1 is 1.38 bits per heavy atom. The molecule has 3 rings (SSSR count). The molecular weight excluding hydrogens is 270 g/mol. The monoisotopic (exact) mass is 287 g/mol. The van der Waals surface area contributed by atoms with E-state index in [2.05, 4.69) is 22.0 Å². The Hall–Kier alpha value is -2.18. The molecule has 0 aliphatic carbocycles. The fourth-order valence-corrected chi connectivity index (χ4v) is 2.44. The smallest absolute Gasteiger partial charge is 0.334 e. The highest BCUT2D eigenvalue weighted by atomic mass is 16.5. The molecule has 1 aliphatic heterocycles. The SMILES string of the molecule is O=C(O)[C@@H]1CN(Cc2ccc(-n3ccnc3)cc2)CCO1. The van der Waals surface area contributed by atoms with E-state index in [9.17, 15) is 4.79 Å². The molecule has 0 radical (unpaired) electrons. The van der Waals surface area contributed by atoms with Gasteiger partial charge in [0.2, 0.25) is 0 Å². The molecule has 0 saturated carbocycles. The summed E-state index contributed by atoms with van der Waals surface area (Å²) in [5, 5.41) is 9.00. The molecule has 6 heteroatoms. The first-order chi connectivity index (χ1) is 10.2. The van der Waals surface area contributed by atoms with Gasteiger partial charge in [0.1, 0.15) is 0 Å². The van der Waals surface area contributed by atoms with Crippen LogP contribution < -0.4 is 0 Å². The third-order valence-electron chi connectivity index (χ3n) is 3.57. The van der Waals surface area contributed by atoms with Gasteiger partial charge >= 0.3 is 5.97 Å². The van der Waals surface area contributed by atoms with E-state index in [-0.39, 0.29) is 0 Å². The van der Waals surface area contributed by atoms with Gasteiger partial charge in [-0.2, -0.15) is 0 Å². The lowest BCUT2D eigenvalue weighted by atomic mass is 10.1. The zero-order valence-corrected chi connectivity index (χ0v) is 11.6. The van der Waals surface area contributed by atoms with Gasteiger partial charge in [0.25, 0.3) is 0 Å². The van der Waals surface area contributed by atoms with Crippen LogP contribution >= 0.6 is 0 Å². The average molecular weight is 287 g/mol. The van der Waals surface area contributed by atoms with E-state index in [1.54, 1.807) is 12.5 Å². The van der Waals surface area contributed by atoms with E-state index < -0.39 is 12.1 Å². The van der Waals surface area contributed by atoms with Gasteiger partial charge in [-0.05, 0) is 17.7 Å². The Balaban J connectivity index is 1.64. The van der Waals surface area contributed by atoms with Crippen LogP contribution in [0.3, 0.4) is 0 Å². The fraction of sp³-hybridized carbons (Fsp3) is 0.333. The van der Waals surface area contributed by atoms with Crippen molar-refractivity contribution in [2.24, 2.45) is 0 Å². The van der Waals surface area contributed by atoms with Gasteiger partial charge in [-0.25, -0.2) is 9.78 Å². The molecule has 2 heterocycles. The van der Waals surface area contributed by atoms with E-state index >= 15 is 0 Å². The van der Waals surface area contributed by atoms with E-state index in [4.69, 9.17) is 9.84 Å². The largest absolute Gasteiger partial charge is 0.479 e. The Kier molecular flexibility index (Phi) is 3.98. The number of rotatable bonds is 4. The van der Waals surface area contributed by atoms with Crippen molar-refractivity contribution in [3.05, 3.63) is 48.5 Å².